The summed E-state index contributed by atoms with van der Waals surface area (Å²) in [4.78, 5) is 4.17. The van der Waals surface area contributed by atoms with Crippen molar-refractivity contribution in [2.24, 2.45) is 0 Å². The summed E-state index contributed by atoms with van der Waals surface area (Å²) in [7, 11) is 0. The Morgan fingerprint density at radius 1 is 1.64 bits per heavy atom. The van der Waals surface area contributed by atoms with E-state index in [4.69, 9.17) is 12.2 Å². The van der Waals surface area contributed by atoms with Crippen LogP contribution in [0.2, 0.25) is 0 Å². The topological polar surface area (TPSA) is 24.9 Å². The normalized spacial score (nSPS) is 9.27. The van der Waals surface area contributed by atoms with Crippen molar-refractivity contribution in [2.45, 2.75) is 6.92 Å². The average molecular weight is 184 g/mol. The molecule has 0 unspecified atom stereocenters. The molecule has 0 amide bonds. The predicted molar refractivity (Wildman–Crippen MR) is 54.2 cm³/mol. The highest BCUT2D eigenvalue weighted by molar-refractivity contribution is 8.11. The van der Waals surface area contributed by atoms with Crippen molar-refractivity contribution in [1.29, 1.82) is 0 Å². The molecule has 0 fully saturated rings. The average Bonchev–Trinajstić information content (AvgIpc) is 1.85. The number of aryl methyl sites for hydroxylation is 1. The first-order chi connectivity index (χ1) is 5.18. The molecule has 0 saturated heterocycles. The Bertz CT molecular complexity index is 273. The Hall–Kier alpha value is -0.610. The standard InChI is InChI=1S/C7H8N2S2/c1-5-3-2-4-6(8-5)9-7(10)11/h2-4H,1H3,(H2,8,9,10,11). The van der Waals surface area contributed by atoms with Gasteiger partial charge in [-0.1, -0.05) is 18.3 Å². The maximum Gasteiger partial charge on any atom is 0.136 e. The summed E-state index contributed by atoms with van der Waals surface area (Å²) in [6, 6.07) is 5.68. The summed E-state index contributed by atoms with van der Waals surface area (Å²) < 4.78 is 0.433. The lowest BCUT2D eigenvalue weighted by molar-refractivity contribution is 1.21. The van der Waals surface area contributed by atoms with Crippen LogP contribution in [0.25, 0.3) is 0 Å². The third-order valence-electron chi connectivity index (χ3n) is 1.12. The van der Waals surface area contributed by atoms with Crippen molar-refractivity contribution >= 4 is 35.0 Å². The molecule has 0 bridgehead atoms. The molecule has 0 aromatic carbocycles. The van der Waals surface area contributed by atoms with Crippen molar-refractivity contribution in [3.8, 4) is 0 Å². The summed E-state index contributed by atoms with van der Waals surface area (Å²) in [6.45, 7) is 1.92. The Kier molecular flexibility index (Phi) is 2.84. The maximum absolute atomic E-state index is 4.73. The van der Waals surface area contributed by atoms with Crippen LogP contribution in [-0.2, 0) is 0 Å². The van der Waals surface area contributed by atoms with Gasteiger partial charge in [0.15, 0.2) is 0 Å². The highest BCUT2D eigenvalue weighted by Crippen LogP contribution is 2.04. The van der Waals surface area contributed by atoms with Crippen molar-refractivity contribution in [3.05, 3.63) is 23.9 Å². The van der Waals surface area contributed by atoms with Crippen LogP contribution in [0.1, 0.15) is 5.69 Å². The van der Waals surface area contributed by atoms with Gasteiger partial charge in [0.25, 0.3) is 0 Å². The Morgan fingerprint density at radius 3 is 2.91 bits per heavy atom. The SMILES string of the molecule is Cc1cccc(NC(=S)S)n1. The van der Waals surface area contributed by atoms with Gasteiger partial charge < -0.3 is 5.32 Å². The van der Waals surface area contributed by atoms with Gasteiger partial charge in [0.05, 0.1) is 0 Å². The minimum atomic E-state index is 0.433. The van der Waals surface area contributed by atoms with Crippen LogP contribution in [0, 0.1) is 6.92 Å². The monoisotopic (exact) mass is 184 g/mol. The first-order valence-corrected chi connectivity index (χ1v) is 3.97. The number of nitrogens with zero attached hydrogens (tertiary/aromatic N) is 1. The van der Waals surface area contributed by atoms with Crippen LogP contribution >= 0.6 is 24.8 Å². The molecule has 1 aromatic rings. The van der Waals surface area contributed by atoms with E-state index in [9.17, 15) is 0 Å². The van der Waals surface area contributed by atoms with E-state index in [1.54, 1.807) is 0 Å². The molecule has 0 spiro atoms. The number of aromatic nitrogens is 1. The zero-order chi connectivity index (χ0) is 8.27. The third kappa shape index (κ3) is 2.86. The molecule has 1 aromatic heterocycles. The Labute approximate surface area is 76.4 Å². The zero-order valence-corrected chi connectivity index (χ0v) is 7.75. The van der Waals surface area contributed by atoms with E-state index in [1.165, 1.54) is 0 Å². The zero-order valence-electron chi connectivity index (χ0n) is 6.03. The highest BCUT2D eigenvalue weighted by atomic mass is 32.1. The minimum absolute atomic E-state index is 0.433. The molecule has 1 rings (SSSR count). The van der Waals surface area contributed by atoms with Gasteiger partial charge in [-0.05, 0) is 19.1 Å². The molecule has 4 heteroatoms. The lowest BCUT2D eigenvalue weighted by Gasteiger charge is -2.01. The first kappa shape index (κ1) is 8.49. The summed E-state index contributed by atoms with van der Waals surface area (Å²) in [5.74, 6) is 0.741. The Balaban J connectivity index is 2.79. The highest BCUT2D eigenvalue weighted by Gasteiger charge is 1.92. The first-order valence-electron chi connectivity index (χ1n) is 3.12. The van der Waals surface area contributed by atoms with Gasteiger partial charge in [0.2, 0.25) is 0 Å². The molecule has 1 heterocycles. The van der Waals surface area contributed by atoms with Crippen LogP contribution in [0.4, 0.5) is 5.82 Å². The van der Waals surface area contributed by atoms with E-state index in [-0.39, 0.29) is 0 Å². The number of thiocarbonyl (C=S) groups is 1. The van der Waals surface area contributed by atoms with E-state index in [1.807, 2.05) is 25.1 Å². The van der Waals surface area contributed by atoms with Crippen LogP contribution < -0.4 is 5.32 Å². The number of nitrogens with one attached hydrogen (secondary N) is 1. The largest absolute Gasteiger partial charge is 0.326 e. The number of hydrogen-bond acceptors (Lipinski definition) is 2. The molecule has 2 nitrogen and oxygen atoms in total. The fraction of sp³-hybridized carbons (Fsp3) is 0.143. The van der Waals surface area contributed by atoms with Crippen LogP contribution in [0.5, 0.6) is 0 Å². The molecule has 11 heavy (non-hydrogen) atoms. The van der Waals surface area contributed by atoms with E-state index in [0.29, 0.717) is 4.32 Å². The van der Waals surface area contributed by atoms with Crippen LogP contribution in [-0.4, -0.2) is 9.30 Å². The van der Waals surface area contributed by atoms with Gasteiger partial charge in [-0.2, -0.15) is 0 Å². The molecule has 0 radical (unpaired) electrons. The lowest BCUT2D eigenvalue weighted by atomic mass is 10.4. The molecule has 58 valence electrons. The van der Waals surface area contributed by atoms with Crippen molar-refractivity contribution < 1.29 is 0 Å². The lowest BCUT2D eigenvalue weighted by Crippen LogP contribution is -2.02. The molecule has 0 aliphatic rings. The molecule has 0 aliphatic heterocycles. The molecule has 0 saturated carbocycles. The van der Waals surface area contributed by atoms with E-state index >= 15 is 0 Å². The maximum atomic E-state index is 4.73. The number of hydrogen-bond donors (Lipinski definition) is 2. The minimum Gasteiger partial charge on any atom is -0.326 e. The van der Waals surface area contributed by atoms with Gasteiger partial charge in [0, 0.05) is 5.69 Å². The predicted octanol–water partition coefficient (Wildman–Crippen LogP) is 2.02. The number of thiol groups is 1. The smallest absolute Gasteiger partial charge is 0.136 e. The van der Waals surface area contributed by atoms with Gasteiger partial charge in [-0.15, -0.1) is 12.6 Å². The molecular formula is C7H8N2S2. The second kappa shape index (κ2) is 3.69. The van der Waals surface area contributed by atoms with Gasteiger partial charge in [0.1, 0.15) is 10.1 Å². The van der Waals surface area contributed by atoms with E-state index in [2.05, 4.69) is 22.9 Å². The quantitative estimate of drug-likeness (QED) is 0.516. The second-order valence-electron chi connectivity index (χ2n) is 2.09. The van der Waals surface area contributed by atoms with Crippen molar-refractivity contribution in [3.63, 3.8) is 0 Å². The number of anilines is 1. The Morgan fingerprint density at radius 2 is 2.36 bits per heavy atom. The van der Waals surface area contributed by atoms with E-state index < -0.39 is 0 Å². The fourth-order valence-electron chi connectivity index (χ4n) is 0.722. The van der Waals surface area contributed by atoms with Gasteiger partial charge >= 0.3 is 0 Å². The second-order valence-corrected chi connectivity index (χ2v) is 3.25. The molecule has 1 N–H and O–H groups in total. The summed E-state index contributed by atoms with van der Waals surface area (Å²) in [5, 5.41) is 2.83. The molecule has 0 atom stereocenters. The van der Waals surface area contributed by atoms with Gasteiger partial charge in [-0.3, -0.25) is 0 Å². The number of rotatable bonds is 1. The van der Waals surface area contributed by atoms with Crippen LogP contribution in [0.3, 0.4) is 0 Å². The fourth-order valence-corrected chi connectivity index (χ4v) is 0.941. The summed E-state index contributed by atoms with van der Waals surface area (Å²) in [5.41, 5.74) is 0.958. The molecule has 0 aliphatic carbocycles. The molecular weight excluding hydrogens is 176 g/mol. The van der Waals surface area contributed by atoms with Crippen LogP contribution in [0.15, 0.2) is 18.2 Å². The third-order valence-corrected chi connectivity index (χ3v) is 1.34. The number of pyridine rings is 1. The van der Waals surface area contributed by atoms with Crippen molar-refractivity contribution in [1.82, 2.24) is 4.98 Å². The summed E-state index contributed by atoms with van der Waals surface area (Å²) in [6.07, 6.45) is 0. The van der Waals surface area contributed by atoms with Crippen molar-refractivity contribution in [2.75, 3.05) is 5.32 Å². The summed E-state index contributed by atoms with van der Waals surface area (Å²) >= 11 is 8.66. The van der Waals surface area contributed by atoms with E-state index in [0.717, 1.165) is 11.5 Å². The van der Waals surface area contributed by atoms with Gasteiger partial charge in [-0.25, -0.2) is 4.98 Å².